The lowest BCUT2D eigenvalue weighted by atomic mass is 10.0. The number of imide groups is 1. The maximum Gasteiger partial charge on any atom is 0.334 e. The molecule has 6 heteroatoms. The molecular formula is C19H17N3O2S. The normalized spacial score (nSPS) is 16.0. The Hall–Kier alpha value is -2.73. The summed E-state index contributed by atoms with van der Waals surface area (Å²) >= 11 is 1.37. The molecule has 1 aliphatic heterocycles. The molecule has 0 bridgehead atoms. The molecule has 1 atom stereocenters. The molecule has 3 amide bonds. The average Bonchev–Trinajstić information content (AvgIpc) is 3.17. The van der Waals surface area contributed by atoms with Crippen molar-refractivity contribution in [3.05, 3.63) is 60.2 Å². The van der Waals surface area contributed by atoms with Crippen molar-refractivity contribution in [2.45, 2.75) is 19.4 Å². The third-order valence-corrected chi connectivity index (χ3v) is 5.43. The van der Waals surface area contributed by atoms with E-state index >= 15 is 0 Å². The highest BCUT2D eigenvalue weighted by Gasteiger charge is 2.42. The molecule has 1 saturated heterocycles. The molecule has 5 nitrogen and oxygen atoms in total. The first kappa shape index (κ1) is 15.8. The molecular weight excluding hydrogens is 334 g/mol. The maximum absolute atomic E-state index is 13.0. The number of anilines is 1. The molecule has 0 spiro atoms. The van der Waals surface area contributed by atoms with Crippen molar-refractivity contribution < 1.29 is 9.59 Å². The van der Waals surface area contributed by atoms with Gasteiger partial charge in [0.2, 0.25) is 5.13 Å². The standard InChI is InChI=1S/C19H17N3O2S/c1-2-15(13-8-4-3-5-9-13)21-12-17(23)22(19(21)24)18-20-14-10-6-7-11-16(14)25-18/h3-11,15H,2,12H2,1H3/t15-/m0/s1. The van der Waals surface area contributed by atoms with Crippen molar-refractivity contribution in [1.29, 1.82) is 0 Å². The van der Waals surface area contributed by atoms with E-state index < -0.39 is 0 Å². The summed E-state index contributed by atoms with van der Waals surface area (Å²) in [7, 11) is 0. The zero-order chi connectivity index (χ0) is 17.4. The van der Waals surface area contributed by atoms with E-state index in [0.717, 1.165) is 22.2 Å². The molecule has 0 N–H and O–H groups in total. The Morgan fingerprint density at radius 1 is 1.08 bits per heavy atom. The monoisotopic (exact) mass is 351 g/mol. The Balaban J connectivity index is 1.68. The van der Waals surface area contributed by atoms with Crippen LogP contribution in [0, 0.1) is 0 Å². The lowest BCUT2D eigenvalue weighted by Crippen LogP contribution is -2.35. The fourth-order valence-corrected chi connectivity index (χ4v) is 4.19. The number of nitrogens with zero attached hydrogens (tertiary/aromatic N) is 3. The second-order valence-electron chi connectivity index (χ2n) is 5.94. The minimum Gasteiger partial charge on any atom is -0.308 e. The molecule has 0 unspecified atom stereocenters. The molecule has 0 aliphatic carbocycles. The number of hydrogen-bond acceptors (Lipinski definition) is 4. The van der Waals surface area contributed by atoms with E-state index in [1.54, 1.807) is 4.90 Å². The zero-order valence-electron chi connectivity index (χ0n) is 13.8. The minimum atomic E-state index is -0.292. The van der Waals surface area contributed by atoms with Crippen LogP contribution in [0.15, 0.2) is 54.6 Å². The molecule has 2 aromatic carbocycles. The predicted molar refractivity (Wildman–Crippen MR) is 98.7 cm³/mol. The Morgan fingerprint density at radius 2 is 1.80 bits per heavy atom. The number of para-hydroxylation sites is 1. The van der Waals surface area contributed by atoms with Crippen molar-refractivity contribution in [2.75, 3.05) is 11.4 Å². The Bertz CT molecular complexity index is 905. The lowest BCUT2D eigenvalue weighted by molar-refractivity contribution is -0.116. The number of urea groups is 1. The second-order valence-corrected chi connectivity index (χ2v) is 6.95. The van der Waals surface area contributed by atoms with Crippen LogP contribution in [0.4, 0.5) is 9.93 Å². The van der Waals surface area contributed by atoms with E-state index in [2.05, 4.69) is 4.98 Å². The second kappa shape index (κ2) is 6.29. The number of carbonyl (C=O) groups excluding carboxylic acids is 2. The van der Waals surface area contributed by atoms with Gasteiger partial charge in [0.1, 0.15) is 6.54 Å². The molecule has 0 radical (unpaired) electrons. The van der Waals surface area contributed by atoms with Gasteiger partial charge in [0, 0.05) is 0 Å². The van der Waals surface area contributed by atoms with E-state index in [-0.39, 0.29) is 24.5 Å². The van der Waals surface area contributed by atoms with E-state index in [1.807, 2.05) is 61.5 Å². The molecule has 25 heavy (non-hydrogen) atoms. The van der Waals surface area contributed by atoms with Crippen molar-refractivity contribution in [1.82, 2.24) is 9.88 Å². The topological polar surface area (TPSA) is 53.5 Å². The maximum atomic E-state index is 13.0. The summed E-state index contributed by atoms with van der Waals surface area (Å²) in [6, 6.07) is 17.1. The van der Waals surface area contributed by atoms with E-state index in [1.165, 1.54) is 16.2 Å². The summed E-state index contributed by atoms with van der Waals surface area (Å²) in [5.74, 6) is -0.224. The summed E-state index contributed by atoms with van der Waals surface area (Å²) in [5.41, 5.74) is 1.84. The van der Waals surface area contributed by atoms with Gasteiger partial charge >= 0.3 is 6.03 Å². The SMILES string of the molecule is CC[C@@H](c1ccccc1)N1CC(=O)N(c2nc3ccccc3s2)C1=O. The van der Waals surface area contributed by atoms with E-state index in [4.69, 9.17) is 0 Å². The predicted octanol–water partition coefficient (Wildman–Crippen LogP) is 4.22. The summed E-state index contributed by atoms with van der Waals surface area (Å²) in [5, 5.41) is 0.446. The molecule has 3 aromatic rings. The van der Waals surface area contributed by atoms with Crippen LogP contribution >= 0.6 is 11.3 Å². The first-order valence-corrected chi connectivity index (χ1v) is 9.04. The van der Waals surface area contributed by atoms with Crippen LogP contribution in [0.1, 0.15) is 24.9 Å². The summed E-state index contributed by atoms with van der Waals surface area (Å²) in [4.78, 5) is 32.8. The van der Waals surface area contributed by atoms with Crippen molar-refractivity contribution >= 4 is 38.6 Å². The van der Waals surface area contributed by atoms with Gasteiger partial charge in [0.15, 0.2) is 0 Å². The number of thiazole rings is 1. The molecule has 1 aromatic heterocycles. The summed E-state index contributed by atoms with van der Waals surface area (Å²) in [6.45, 7) is 2.11. The molecule has 1 aliphatic rings. The van der Waals surface area contributed by atoms with Crippen molar-refractivity contribution in [2.24, 2.45) is 0 Å². The fraction of sp³-hybridized carbons (Fsp3) is 0.211. The van der Waals surface area contributed by atoms with Gasteiger partial charge in [0.25, 0.3) is 5.91 Å². The minimum absolute atomic E-state index is 0.0855. The fourth-order valence-electron chi connectivity index (χ4n) is 3.22. The quantitative estimate of drug-likeness (QED) is 0.662. The summed E-state index contributed by atoms with van der Waals surface area (Å²) < 4.78 is 0.964. The van der Waals surface area contributed by atoms with Gasteiger partial charge in [-0.3, -0.25) is 4.79 Å². The zero-order valence-corrected chi connectivity index (χ0v) is 14.6. The van der Waals surface area contributed by atoms with Crippen LogP contribution in [0.5, 0.6) is 0 Å². The van der Waals surface area contributed by atoms with Crippen molar-refractivity contribution in [3.63, 3.8) is 0 Å². The van der Waals surface area contributed by atoms with Crippen LogP contribution in [0.2, 0.25) is 0 Å². The molecule has 1 fully saturated rings. The molecule has 126 valence electrons. The lowest BCUT2D eigenvalue weighted by Gasteiger charge is -2.26. The van der Waals surface area contributed by atoms with Gasteiger partial charge in [-0.15, -0.1) is 0 Å². The first-order chi connectivity index (χ1) is 12.2. The van der Waals surface area contributed by atoms with Crippen LogP contribution < -0.4 is 4.90 Å². The summed E-state index contributed by atoms with van der Waals surface area (Å²) in [6.07, 6.45) is 0.747. The van der Waals surface area contributed by atoms with Gasteiger partial charge in [-0.25, -0.2) is 14.7 Å². The third-order valence-electron chi connectivity index (χ3n) is 4.41. The van der Waals surface area contributed by atoms with Crippen molar-refractivity contribution in [3.8, 4) is 0 Å². The highest BCUT2D eigenvalue weighted by molar-refractivity contribution is 7.22. The Labute approximate surface area is 149 Å². The number of rotatable bonds is 4. The van der Waals surface area contributed by atoms with E-state index in [9.17, 15) is 9.59 Å². The number of aromatic nitrogens is 1. The molecule has 4 rings (SSSR count). The highest BCUT2D eigenvalue weighted by atomic mass is 32.1. The highest BCUT2D eigenvalue weighted by Crippen LogP contribution is 2.34. The first-order valence-electron chi connectivity index (χ1n) is 8.23. The number of benzene rings is 2. The number of hydrogen-bond donors (Lipinski definition) is 0. The largest absolute Gasteiger partial charge is 0.334 e. The Morgan fingerprint density at radius 3 is 2.52 bits per heavy atom. The molecule has 0 saturated carbocycles. The van der Waals surface area contributed by atoms with E-state index in [0.29, 0.717) is 5.13 Å². The van der Waals surface area contributed by atoms with Gasteiger partial charge in [-0.1, -0.05) is 60.7 Å². The van der Waals surface area contributed by atoms with Crippen LogP contribution in [-0.2, 0) is 4.79 Å². The van der Waals surface area contributed by atoms with Crippen LogP contribution in [-0.4, -0.2) is 28.4 Å². The van der Waals surface area contributed by atoms with Gasteiger partial charge in [0.05, 0.1) is 16.3 Å². The van der Waals surface area contributed by atoms with Gasteiger partial charge in [-0.2, -0.15) is 0 Å². The number of fused-ring (bicyclic) bond motifs is 1. The average molecular weight is 351 g/mol. The van der Waals surface area contributed by atoms with Crippen LogP contribution in [0.25, 0.3) is 10.2 Å². The smallest absolute Gasteiger partial charge is 0.308 e. The number of carbonyl (C=O) groups is 2. The molecule has 2 heterocycles. The van der Waals surface area contributed by atoms with Gasteiger partial charge in [-0.05, 0) is 24.1 Å². The Kier molecular flexibility index (Phi) is 3.97. The van der Waals surface area contributed by atoms with Crippen LogP contribution in [0.3, 0.4) is 0 Å². The third kappa shape index (κ3) is 2.68. The van der Waals surface area contributed by atoms with Gasteiger partial charge < -0.3 is 4.90 Å². The number of amides is 3.